The van der Waals surface area contributed by atoms with Crippen LogP contribution in [0.3, 0.4) is 0 Å². The van der Waals surface area contributed by atoms with Crippen LogP contribution in [-0.2, 0) is 0 Å². The van der Waals surface area contributed by atoms with E-state index in [9.17, 15) is 0 Å². The van der Waals surface area contributed by atoms with Gasteiger partial charge in [-0.05, 0) is 6.16 Å². The van der Waals surface area contributed by atoms with Crippen molar-refractivity contribution in [2.75, 3.05) is 0 Å². The van der Waals surface area contributed by atoms with Crippen molar-refractivity contribution in [3.05, 3.63) is 0 Å². The second-order valence-corrected chi connectivity index (χ2v) is 0.250. The monoisotopic (exact) mass is 108 g/mol. The van der Waals surface area contributed by atoms with Crippen LogP contribution in [0.5, 0.6) is 0 Å². The third-order valence-electron chi connectivity index (χ3n) is 0. The van der Waals surface area contributed by atoms with Gasteiger partial charge in [0.1, 0.15) is 0 Å². The number of hydrogen-bond donors (Lipinski definition) is 0. The van der Waals surface area contributed by atoms with Crippen LogP contribution in [0.25, 0.3) is 0 Å². The maximum Gasteiger partial charge on any atom is 2.00 e. The molecular weight excluding hydrogens is 107 g/mol. The van der Waals surface area contributed by atoms with Crippen molar-refractivity contribution in [3.8, 4) is 0 Å². The van der Waals surface area contributed by atoms with E-state index in [1.54, 1.807) is 0 Å². The Morgan fingerprint density at radius 2 is 1.50 bits per heavy atom. The molecule has 0 bridgehead atoms. The number of carboxylic acid groups (broad SMARTS) is 2. The van der Waals surface area contributed by atoms with E-state index in [0.29, 0.717) is 0 Å². The Kier molecular flexibility index (Phi) is 24.8. The molecule has 0 fully saturated rings. The summed E-state index contributed by atoms with van der Waals surface area (Å²) in [5.41, 5.74) is 0. The SMILES string of the molecule is O=C([O-])[O-].[Ca+2].[H-].[Li+]. The Morgan fingerprint density at radius 3 is 1.50 bits per heavy atom. The van der Waals surface area contributed by atoms with Gasteiger partial charge in [0.15, 0.2) is 0 Å². The van der Waals surface area contributed by atoms with Gasteiger partial charge in [0.2, 0.25) is 0 Å². The Balaban J connectivity index is -0.0000000150. The molecule has 0 atom stereocenters. The topological polar surface area (TPSA) is 63.2 Å². The summed E-state index contributed by atoms with van der Waals surface area (Å²) in [6, 6.07) is 0. The average Bonchev–Trinajstić information content (AvgIpc) is 0.811. The van der Waals surface area contributed by atoms with Gasteiger partial charge in [-0.2, -0.15) is 0 Å². The minimum absolute atomic E-state index is 0. The summed E-state index contributed by atoms with van der Waals surface area (Å²) < 4.78 is 0. The first-order chi connectivity index (χ1) is 1.73. The summed E-state index contributed by atoms with van der Waals surface area (Å²) in [7, 11) is 0. The molecule has 26 valence electrons. The molecule has 0 N–H and O–H groups in total. The van der Waals surface area contributed by atoms with Gasteiger partial charge < -0.3 is 16.4 Å². The molecule has 0 aliphatic rings. The molecule has 0 spiro atoms. The zero-order valence-corrected chi connectivity index (χ0v) is 5.64. The maximum atomic E-state index is 8.33. The van der Waals surface area contributed by atoms with Crippen molar-refractivity contribution >= 4 is 43.9 Å². The molecule has 5 heteroatoms. The van der Waals surface area contributed by atoms with Gasteiger partial charge in [-0.15, -0.1) is 0 Å². The molecule has 0 radical (unpaired) electrons. The standard InChI is InChI=1S/CH2O3.Ca.Li.H/c2-1(3)4;;;/h(H2,2,3,4);;;/q;+2;+1;-1/p-2. The maximum absolute atomic E-state index is 8.33. The van der Waals surface area contributed by atoms with E-state index in [2.05, 4.69) is 0 Å². The van der Waals surface area contributed by atoms with Gasteiger partial charge in [0.25, 0.3) is 0 Å². The van der Waals surface area contributed by atoms with Gasteiger partial charge in [-0.1, -0.05) is 0 Å². The zero-order valence-electron chi connectivity index (χ0n) is 4.43. The van der Waals surface area contributed by atoms with Crippen LogP contribution in [0, 0.1) is 0 Å². The Labute approximate surface area is 78.4 Å². The summed E-state index contributed by atoms with van der Waals surface area (Å²) in [4.78, 5) is 8.33. The second-order valence-electron chi connectivity index (χ2n) is 0.250. The van der Waals surface area contributed by atoms with Gasteiger partial charge in [0.05, 0.1) is 0 Å². The normalized spacial score (nSPS) is 4.00. The summed E-state index contributed by atoms with van der Waals surface area (Å²) in [5, 5.41) is 16.7. The molecule has 0 aliphatic heterocycles. The minimum atomic E-state index is -2.33. The van der Waals surface area contributed by atoms with Crippen LogP contribution in [0.1, 0.15) is 1.43 Å². The van der Waals surface area contributed by atoms with E-state index in [4.69, 9.17) is 15.0 Å². The van der Waals surface area contributed by atoms with Gasteiger partial charge in [-0.3, -0.25) is 0 Å². The van der Waals surface area contributed by atoms with E-state index >= 15 is 0 Å². The molecule has 0 heterocycles. The van der Waals surface area contributed by atoms with Gasteiger partial charge >= 0.3 is 56.6 Å². The zero-order chi connectivity index (χ0) is 3.58. The third kappa shape index (κ3) is 68.7. The number of hydrogen-bond acceptors (Lipinski definition) is 3. The van der Waals surface area contributed by atoms with E-state index in [1.165, 1.54) is 0 Å². The molecule has 0 unspecified atom stereocenters. The summed E-state index contributed by atoms with van der Waals surface area (Å²) in [6.07, 6.45) is -2.33. The van der Waals surface area contributed by atoms with Crippen LogP contribution in [0.15, 0.2) is 0 Å². The van der Waals surface area contributed by atoms with E-state index in [0.717, 1.165) is 0 Å². The van der Waals surface area contributed by atoms with E-state index in [1.807, 2.05) is 0 Å². The molecule has 0 aromatic rings. The fourth-order valence-electron chi connectivity index (χ4n) is 0. The fraction of sp³-hybridized carbons (Fsp3) is 0. The largest absolute Gasteiger partial charge is 2.00 e. The van der Waals surface area contributed by atoms with Gasteiger partial charge in [-0.25, -0.2) is 0 Å². The molecular formula is CHCaLiO3. The Morgan fingerprint density at radius 1 is 1.50 bits per heavy atom. The molecule has 0 amide bonds. The molecule has 0 rings (SSSR count). The number of carbonyl (C=O) groups is 1. The van der Waals surface area contributed by atoms with Crippen LogP contribution in [0.2, 0.25) is 0 Å². The average molecular weight is 108 g/mol. The number of rotatable bonds is 0. The van der Waals surface area contributed by atoms with E-state index < -0.39 is 6.16 Å². The second kappa shape index (κ2) is 9.46. The molecule has 0 aromatic carbocycles. The Bertz CT molecular complexity index is 37.9. The molecule has 3 nitrogen and oxygen atoms in total. The van der Waals surface area contributed by atoms with Crippen molar-refractivity contribution in [2.24, 2.45) is 0 Å². The summed E-state index contributed by atoms with van der Waals surface area (Å²) in [6.45, 7) is 0. The first kappa shape index (κ1) is 15.7. The summed E-state index contributed by atoms with van der Waals surface area (Å²) >= 11 is 0. The van der Waals surface area contributed by atoms with E-state index in [-0.39, 0.29) is 58.0 Å². The molecule has 6 heavy (non-hydrogen) atoms. The smallest absolute Gasteiger partial charge is 1.00 e. The molecule has 0 aliphatic carbocycles. The van der Waals surface area contributed by atoms with Crippen molar-refractivity contribution in [1.82, 2.24) is 0 Å². The minimum Gasteiger partial charge on any atom is -1.00 e. The van der Waals surface area contributed by atoms with Crippen LogP contribution in [-0.4, -0.2) is 43.9 Å². The van der Waals surface area contributed by atoms with Crippen LogP contribution >= 0.6 is 0 Å². The van der Waals surface area contributed by atoms with Crippen molar-refractivity contribution in [1.29, 1.82) is 0 Å². The van der Waals surface area contributed by atoms with Gasteiger partial charge in [0, 0.05) is 0 Å². The summed E-state index contributed by atoms with van der Waals surface area (Å²) in [5.74, 6) is 0. The molecule has 0 saturated carbocycles. The quantitative estimate of drug-likeness (QED) is 0.290. The molecule has 0 aromatic heterocycles. The molecule has 0 saturated heterocycles. The van der Waals surface area contributed by atoms with Crippen LogP contribution in [0.4, 0.5) is 4.79 Å². The predicted molar refractivity (Wildman–Crippen MR) is 12.3 cm³/mol. The predicted octanol–water partition coefficient (Wildman–Crippen LogP) is -5.71. The first-order valence-electron chi connectivity index (χ1n) is 0.612. The first-order valence-corrected chi connectivity index (χ1v) is 0.612. The van der Waals surface area contributed by atoms with Crippen molar-refractivity contribution in [3.63, 3.8) is 0 Å². The third-order valence-corrected chi connectivity index (χ3v) is 0. The number of carbonyl (C=O) groups excluding carboxylic acids is 1. The van der Waals surface area contributed by atoms with Crippen LogP contribution < -0.4 is 29.1 Å². The Hall–Kier alpha value is 1.13. The fourth-order valence-corrected chi connectivity index (χ4v) is 0. The van der Waals surface area contributed by atoms with Crippen molar-refractivity contribution in [2.45, 2.75) is 0 Å². The van der Waals surface area contributed by atoms with Crippen molar-refractivity contribution < 1.29 is 35.3 Å².